The van der Waals surface area contributed by atoms with Gasteiger partial charge in [0.1, 0.15) is 0 Å². The van der Waals surface area contributed by atoms with Gasteiger partial charge in [-0.1, -0.05) is 80.4 Å². The Kier molecular flexibility index (Phi) is 7.28. The van der Waals surface area contributed by atoms with Crippen molar-refractivity contribution in [3.8, 4) is 11.1 Å². The zero-order valence-corrected chi connectivity index (χ0v) is 13.7. The summed E-state index contributed by atoms with van der Waals surface area (Å²) in [6.07, 6.45) is 3.75. The fourth-order valence-electron chi connectivity index (χ4n) is 2.03. The van der Waals surface area contributed by atoms with E-state index in [1.54, 1.807) is 6.92 Å². The molecule has 0 aliphatic rings. The van der Waals surface area contributed by atoms with Crippen molar-refractivity contribution in [2.24, 2.45) is 0 Å². The number of carbonyl (C=O) groups is 1. The van der Waals surface area contributed by atoms with Gasteiger partial charge in [0.15, 0.2) is 0 Å². The second kappa shape index (κ2) is 9.21. The molecule has 2 aromatic rings. The minimum Gasteiger partial charge on any atom is -0.466 e. The van der Waals surface area contributed by atoms with Gasteiger partial charge < -0.3 is 4.74 Å². The van der Waals surface area contributed by atoms with E-state index in [1.807, 2.05) is 36.4 Å². The van der Waals surface area contributed by atoms with Crippen LogP contribution in [0, 0.1) is 0 Å². The molecule has 0 heterocycles. The molecule has 0 aliphatic heterocycles. The maximum atomic E-state index is 10.2. The van der Waals surface area contributed by atoms with Gasteiger partial charge in [-0.05, 0) is 29.2 Å². The molecule has 0 aliphatic carbocycles. The molecule has 2 aromatic carbocycles. The molecule has 0 spiro atoms. The molecule has 0 unspecified atom stereocenters. The molecular formula is C21H22O2. The molecule has 0 saturated heterocycles. The van der Waals surface area contributed by atoms with Gasteiger partial charge in [-0.2, -0.15) is 0 Å². The van der Waals surface area contributed by atoms with Crippen molar-refractivity contribution >= 4 is 18.1 Å². The maximum absolute atomic E-state index is 10.2. The summed E-state index contributed by atoms with van der Waals surface area (Å²) in [5.41, 5.74) is 5.11. The Hall–Kier alpha value is -2.87. The zero-order valence-electron chi connectivity index (χ0n) is 13.7. The molecule has 0 N–H and O–H groups in total. The lowest BCUT2D eigenvalue weighted by Crippen LogP contribution is -1.98. The van der Waals surface area contributed by atoms with Crippen molar-refractivity contribution < 1.29 is 9.53 Å². The summed E-state index contributed by atoms with van der Waals surface area (Å²) in [6, 6.07) is 16.5. The second-order valence-corrected chi connectivity index (χ2v) is 4.85. The number of hydrogen-bond acceptors (Lipinski definition) is 2. The molecule has 0 amide bonds. The highest BCUT2D eigenvalue weighted by Crippen LogP contribution is 2.27. The normalized spacial score (nSPS) is 9.13. The molecule has 23 heavy (non-hydrogen) atoms. The number of methoxy groups -OCH3 is 1. The molecule has 2 nitrogen and oxygen atoms in total. The Morgan fingerprint density at radius 2 is 1.65 bits per heavy atom. The van der Waals surface area contributed by atoms with Gasteiger partial charge in [-0.3, -0.25) is 0 Å². The van der Waals surface area contributed by atoms with E-state index in [1.165, 1.54) is 18.2 Å². The monoisotopic (exact) mass is 306 g/mol. The number of benzene rings is 2. The number of ether oxygens (including phenoxy) is 1. The SMILES string of the molecule is C=C(C)C(=O)OC.C=Cc1cccc(-c2ccccc2)c1C=C. The van der Waals surface area contributed by atoms with Crippen molar-refractivity contribution in [2.75, 3.05) is 7.11 Å². The highest BCUT2D eigenvalue weighted by Gasteiger charge is 2.04. The number of carbonyl (C=O) groups excluding carboxylic acids is 1. The summed E-state index contributed by atoms with van der Waals surface area (Å²) in [6.45, 7) is 12.7. The second-order valence-electron chi connectivity index (χ2n) is 4.85. The van der Waals surface area contributed by atoms with Crippen LogP contribution in [0.5, 0.6) is 0 Å². The van der Waals surface area contributed by atoms with Gasteiger partial charge in [0.25, 0.3) is 0 Å². The van der Waals surface area contributed by atoms with Crippen molar-refractivity contribution in [3.63, 3.8) is 0 Å². The first-order valence-electron chi connectivity index (χ1n) is 7.22. The van der Waals surface area contributed by atoms with Gasteiger partial charge in [-0.25, -0.2) is 4.79 Å². The van der Waals surface area contributed by atoms with Crippen LogP contribution >= 0.6 is 0 Å². The molecule has 0 fully saturated rings. The quantitative estimate of drug-likeness (QED) is 0.560. The van der Waals surface area contributed by atoms with Gasteiger partial charge in [0.2, 0.25) is 0 Å². The van der Waals surface area contributed by atoms with Crippen LogP contribution in [0.2, 0.25) is 0 Å². The van der Waals surface area contributed by atoms with Crippen LogP contribution in [0.15, 0.2) is 73.8 Å². The van der Waals surface area contributed by atoms with Crippen LogP contribution in [0.3, 0.4) is 0 Å². The van der Waals surface area contributed by atoms with E-state index in [0.29, 0.717) is 5.57 Å². The number of hydrogen-bond donors (Lipinski definition) is 0. The van der Waals surface area contributed by atoms with Gasteiger partial charge >= 0.3 is 5.97 Å². The first-order chi connectivity index (χ1) is 11.0. The third kappa shape index (κ3) is 5.11. The summed E-state index contributed by atoms with van der Waals surface area (Å²) >= 11 is 0. The largest absolute Gasteiger partial charge is 0.466 e. The van der Waals surface area contributed by atoms with Crippen molar-refractivity contribution in [3.05, 3.63) is 85.0 Å². The van der Waals surface area contributed by atoms with E-state index < -0.39 is 0 Å². The van der Waals surface area contributed by atoms with Crippen molar-refractivity contribution in [1.29, 1.82) is 0 Å². The Balaban J connectivity index is 0.000000322. The van der Waals surface area contributed by atoms with Crippen LogP contribution in [-0.4, -0.2) is 13.1 Å². The van der Waals surface area contributed by atoms with Crippen molar-refractivity contribution in [1.82, 2.24) is 0 Å². The first kappa shape index (κ1) is 18.2. The predicted molar refractivity (Wildman–Crippen MR) is 98.9 cm³/mol. The fourth-order valence-corrected chi connectivity index (χ4v) is 2.03. The topological polar surface area (TPSA) is 26.3 Å². The van der Waals surface area contributed by atoms with Crippen LogP contribution < -0.4 is 0 Å². The number of rotatable bonds is 4. The van der Waals surface area contributed by atoms with E-state index in [-0.39, 0.29) is 5.97 Å². The third-order valence-electron chi connectivity index (χ3n) is 3.18. The average molecular weight is 306 g/mol. The minimum absolute atomic E-state index is 0.347. The maximum Gasteiger partial charge on any atom is 0.332 e. The van der Waals surface area contributed by atoms with Gasteiger partial charge in [0, 0.05) is 5.57 Å². The standard InChI is InChI=1S/C16H14.C5H8O2/c1-3-13-11-8-12-16(15(13)4-2)14-9-6-5-7-10-14;1-4(2)5(6)7-3/h3-12H,1-2H2;1H2,2-3H3. The molecule has 0 atom stereocenters. The predicted octanol–water partition coefficient (Wildman–Crippen LogP) is 5.38. The summed E-state index contributed by atoms with van der Waals surface area (Å²) in [7, 11) is 1.33. The minimum atomic E-state index is -0.347. The molecule has 2 heteroatoms. The van der Waals surface area contributed by atoms with Crippen LogP contribution in [-0.2, 0) is 9.53 Å². The molecule has 0 saturated carbocycles. The fraction of sp³-hybridized carbons (Fsp3) is 0.0952. The lowest BCUT2D eigenvalue weighted by molar-refractivity contribution is -0.136. The van der Waals surface area contributed by atoms with Crippen LogP contribution in [0.25, 0.3) is 23.3 Å². The lowest BCUT2D eigenvalue weighted by atomic mass is 9.95. The zero-order chi connectivity index (χ0) is 17.2. The van der Waals surface area contributed by atoms with Crippen LogP contribution in [0.4, 0.5) is 0 Å². The third-order valence-corrected chi connectivity index (χ3v) is 3.18. The first-order valence-corrected chi connectivity index (χ1v) is 7.22. The highest BCUT2D eigenvalue weighted by molar-refractivity contribution is 5.86. The summed E-state index contributed by atoms with van der Waals surface area (Å²) in [5, 5.41) is 0. The highest BCUT2D eigenvalue weighted by atomic mass is 16.5. The Morgan fingerprint density at radius 1 is 1.00 bits per heavy atom. The molecule has 0 bridgehead atoms. The van der Waals surface area contributed by atoms with Crippen LogP contribution in [0.1, 0.15) is 18.1 Å². The summed E-state index contributed by atoms with van der Waals surface area (Å²) in [5.74, 6) is -0.347. The van der Waals surface area contributed by atoms with E-state index in [0.717, 1.165) is 11.1 Å². The summed E-state index contributed by atoms with van der Waals surface area (Å²) in [4.78, 5) is 10.2. The Bertz CT molecular complexity index is 697. The molecule has 0 aromatic heterocycles. The van der Waals surface area contributed by atoms with E-state index >= 15 is 0 Å². The van der Waals surface area contributed by atoms with Gasteiger partial charge in [-0.15, -0.1) is 0 Å². The average Bonchev–Trinajstić information content (AvgIpc) is 2.61. The van der Waals surface area contributed by atoms with E-state index in [4.69, 9.17) is 0 Å². The van der Waals surface area contributed by atoms with Crippen molar-refractivity contribution in [2.45, 2.75) is 6.92 Å². The number of esters is 1. The smallest absolute Gasteiger partial charge is 0.332 e. The molecular weight excluding hydrogens is 284 g/mol. The Morgan fingerprint density at radius 3 is 2.09 bits per heavy atom. The molecule has 118 valence electrons. The molecule has 0 radical (unpaired) electrons. The summed E-state index contributed by atoms with van der Waals surface area (Å²) < 4.78 is 4.27. The van der Waals surface area contributed by atoms with E-state index in [9.17, 15) is 4.79 Å². The van der Waals surface area contributed by atoms with E-state index in [2.05, 4.69) is 48.7 Å². The molecule has 2 rings (SSSR count). The van der Waals surface area contributed by atoms with Gasteiger partial charge in [0.05, 0.1) is 7.11 Å². The Labute approximate surface area is 138 Å². The lowest BCUT2D eigenvalue weighted by Gasteiger charge is -2.09.